The highest BCUT2D eigenvalue weighted by Crippen LogP contribution is 2.38. The molecule has 18 heavy (non-hydrogen) atoms. The normalized spacial score (nSPS) is 10.8. The molecule has 1 rings (SSSR count). The number of alkyl halides is 3. The molecule has 1 aromatic rings. The Morgan fingerprint density at radius 3 is 2.56 bits per heavy atom. The Morgan fingerprint density at radius 2 is 2.11 bits per heavy atom. The smallest absolute Gasteiger partial charge is 0.420 e. The van der Waals surface area contributed by atoms with E-state index in [1.54, 1.807) is 0 Å². The van der Waals surface area contributed by atoms with E-state index in [0.29, 0.717) is 6.07 Å². The van der Waals surface area contributed by atoms with Crippen LogP contribution >= 0.6 is 0 Å². The van der Waals surface area contributed by atoms with Crippen molar-refractivity contribution in [2.75, 3.05) is 6.61 Å². The van der Waals surface area contributed by atoms with Crippen LogP contribution in [0.4, 0.5) is 13.2 Å². The number of carbonyl (C=O) groups excluding carboxylic acids is 1. The number of halogens is 3. The lowest BCUT2D eigenvalue weighted by molar-refractivity contribution is -0.138. The molecule has 0 amide bonds. The summed E-state index contributed by atoms with van der Waals surface area (Å²) in [5.74, 6) is -2.23. The highest BCUT2D eigenvalue weighted by Gasteiger charge is 2.36. The number of nitrogens with zero attached hydrogens (tertiary/aromatic N) is 1. The summed E-state index contributed by atoms with van der Waals surface area (Å²) < 4.78 is 41.9. The molecule has 0 unspecified atom stereocenters. The van der Waals surface area contributed by atoms with Crippen molar-refractivity contribution in [3.05, 3.63) is 28.8 Å². The van der Waals surface area contributed by atoms with E-state index in [4.69, 9.17) is 5.26 Å². The number of phenols is 1. The zero-order valence-electron chi connectivity index (χ0n) is 9.21. The molecule has 0 saturated carbocycles. The van der Waals surface area contributed by atoms with Crippen molar-refractivity contribution in [3.63, 3.8) is 0 Å². The maximum absolute atomic E-state index is 12.5. The molecule has 1 N–H and O–H groups in total. The third-order valence-corrected chi connectivity index (χ3v) is 2.09. The van der Waals surface area contributed by atoms with Gasteiger partial charge in [-0.25, -0.2) is 4.79 Å². The van der Waals surface area contributed by atoms with Crippen LogP contribution in [0, 0.1) is 11.3 Å². The zero-order valence-corrected chi connectivity index (χ0v) is 9.21. The molecule has 0 aromatic heterocycles. The van der Waals surface area contributed by atoms with Crippen LogP contribution in [0.2, 0.25) is 0 Å². The van der Waals surface area contributed by atoms with E-state index in [-0.39, 0.29) is 6.61 Å². The van der Waals surface area contributed by atoms with E-state index in [9.17, 15) is 23.1 Å². The highest BCUT2D eigenvalue weighted by molar-refractivity contribution is 5.93. The van der Waals surface area contributed by atoms with Crippen molar-refractivity contribution in [1.82, 2.24) is 0 Å². The quantitative estimate of drug-likeness (QED) is 0.828. The van der Waals surface area contributed by atoms with Gasteiger partial charge in [-0.2, -0.15) is 18.4 Å². The molecule has 0 atom stereocenters. The number of phenolic OH excluding ortho intramolecular Hbond substituents is 1. The van der Waals surface area contributed by atoms with E-state index in [1.165, 1.54) is 13.0 Å². The van der Waals surface area contributed by atoms with Gasteiger partial charge in [0.15, 0.2) is 0 Å². The van der Waals surface area contributed by atoms with Gasteiger partial charge >= 0.3 is 12.1 Å². The van der Waals surface area contributed by atoms with E-state index in [0.717, 1.165) is 6.07 Å². The van der Waals surface area contributed by atoms with Gasteiger partial charge in [0.1, 0.15) is 17.4 Å². The second-order valence-electron chi connectivity index (χ2n) is 3.21. The van der Waals surface area contributed by atoms with Crippen LogP contribution in [-0.2, 0) is 10.9 Å². The number of hydrogen-bond donors (Lipinski definition) is 1. The van der Waals surface area contributed by atoms with Crippen LogP contribution in [0.3, 0.4) is 0 Å². The van der Waals surface area contributed by atoms with Crippen molar-refractivity contribution in [3.8, 4) is 11.8 Å². The summed E-state index contributed by atoms with van der Waals surface area (Å²) in [5.41, 5.74) is -2.51. The Morgan fingerprint density at radius 1 is 1.50 bits per heavy atom. The fraction of sp³-hybridized carbons (Fsp3) is 0.273. The lowest BCUT2D eigenvalue weighted by Gasteiger charge is -2.12. The van der Waals surface area contributed by atoms with Crippen molar-refractivity contribution in [1.29, 1.82) is 5.26 Å². The topological polar surface area (TPSA) is 70.3 Å². The number of aromatic hydroxyl groups is 1. The summed E-state index contributed by atoms with van der Waals surface area (Å²) in [5, 5.41) is 18.1. The lowest BCUT2D eigenvalue weighted by atomic mass is 10.0. The van der Waals surface area contributed by atoms with E-state index in [1.807, 2.05) is 0 Å². The van der Waals surface area contributed by atoms with Gasteiger partial charge in [0, 0.05) is 0 Å². The van der Waals surface area contributed by atoms with Crippen molar-refractivity contribution in [2.24, 2.45) is 0 Å². The molecule has 0 bridgehead atoms. The van der Waals surface area contributed by atoms with E-state index >= 15 is 0 Å². The predicted molar refractivity (Wildman–Crippen MR) is 53.8 cm³/mol. The summed E-state index contributed by atoms with van der Waals surface area (Å²) in [7, 11) is 0. The van der Waals surface area contributed by atoms with Gasteiger partial charge in [-0.15, -0.1) is 0 Å². The van der Waals surface area contributed by atoms with Gasteiger partial charge in [-0.1, -0.05) is 0 Å². The lowest BCUT2D eigenvalue weighted by Crippen LogP contribution is -2.11. The van der Waals surface area contributed by atoms with Crippen molar-refractivity contribution in [2.45, 2.75) is 13.1 Å². The highest BCUT2D eigenvalue weighted by atomic mass is 19.4. The second-order valence-corrected chi connectivity index (χ2v) is 3.21. The minimum Gasteiger partial charge on any atom is -0.506 e. The maximum Gasteiger partial charge on any atom is 0.420 e. The van der Waals surface area contributed by atoms with Crippen LogP contribution < -0.4 is 0 Å². The number of benzene rings is 1. The molecule has 0 radical (unpaired) electrons. The number of nitriles is 1. The minimum absolute atomic E-state index is 0.00544. The van der Waals surface area contributed by atoms with Gasteiger partial charge in [0.2, 0.25) is 0 Å². The SMILES string of the molecule is CCOC(=O)c1ccc(C(F)(F)F)c(O)c1C#N. The fourth-order valence-electron chi connectivity index (χ4n) is 1.31. The van der Waals surface area contributed by atoms with Crippen LogP contribution in [-0.4, -0.2) is 17.7 Å². The number of hydrogen-bond acceptors (Lipinski definition) is 4. The van der Waals surface area contributed by atoms with Crippen LogP contribution in [0.25, 0.3) is 0 Å². The van der Waals surface area contributed by atoms with Gasteiger partial charge in [0.05, 0.1) is 17.7 Å². The summed E-state index contributed by atoms with van der Waals surface area (Å²) in [6.45, 7) is 1.51. The Balaban J connectivity index is 3.40. The average Bonchev–Trinajstić information content (AvgIpc) is 2.27. The van der Waals surface area contributed by atoms with Crippen LogP contribution in [0.1, 0.15) is 28.4 Å². The third-order valence-electron chi connectivity index (χ3n) is 2.09. The third kappa shape index (κ3) is 2.53. The number of rotatable bonds is 2. The first kappa shape index (κ1) is 13.8. The zero-order chi connectivity index (χ0) is 13.9. The monoisotopic (exact) mass is 259 g/mol. The average molecular weight is 259 g/mol. The number of carbonyl (C=O) groups is 1. The van der Waals surface area contributed by atoms with Crippen LogP contribution in [0.15, 0.2) is 12.1 Å². The Hall–Kier alpha value is -2.23. The van der Waals surface area contributed by atoms with Crippen LogP contribution in [0.5, 0.6) is 5.75 Å². The van der Waals surface area contributed by atoms with Gasteiger partial charge in [-0.05, 0) is 19.1 Å². The standard InChI is InChI=1S/C11H8F3NO3/c1-2-18-10(17)6-3-4-8(11(12,13)14)9(16)7(6)5-15/h3-4,16H,2H2,1H3. The summed E-state index contributed by atoms with van der Waals surface area (Å²) >= 11 is 0. The molecule has 7 heteroatoms. The van der Waals surface area contributed by atoms with E-state index < -0.39 is 34.6 Å². The molecular formula is C11H8F3NO3. The Bertz CT molecular complexity index is 517. The number of esters is 1. The van der Waals surface area contributed by atoms with Crippen molar-refractivity contribution < 1.29 is 27.8 Å². The number of ether oxygens (including phenoxy) is 1. The molecule has 4 nitrogen and oxygen atoms in total. The van der Waals surface area contributed by atoms with Gasteiger partial charge in [-0.3, -0.25) is 0 Å². The second kappa shape index (κ2) is 4.96. The molecule has 0 fully saturated rings. The van der Waals surface area contributed by atoms with E-state index in [2.05, 4.69) is 4.74 Å². The summed E-state index contributed by atoms with van der Waals surface area (Å²) in [4.78, 5) is 11.4. The summed E-state index contributed by atoms with van der Waals surface area (Å²) in [6.07, 6.45) is -4.80. The first-order chi connectivity index (χ1) is 8.32. The van der Waals surface area contributed by atoms with Crippen molar-refractivity contribution >= 4 is 5.97 Å². The molecule has 96 valence electrons. The Labute approximate surface area is 100 Å². The molecular weight excluding hydrogens is 251 g/mol. The largest absolute Gasteiger partial charge is 0.506 e. The fourth-order valence-corrected chi connectivity index (χ4v) is 1.31. The van der Waals surface area contributed by atoms with Gasteiger partial charge in [0.25, 0.3) is 0 Å². The Kier molecular flexibility index (Phi) is 3.81. The maximum atomic E-state index is 12.5. The van der Waals surface area contributed by atoms with Gasteiger partial charge < -0.3 is 9.84 Å². The molecule has 0 heterocycles. The minimum atomic E-state index is -4.80. The first-order valence-electron chi connectivity index (χ1n) is 4.83. The summed E-state index contributed by atoms with van der Waals surface area (Å²) in [6, 6.07) is 2.70. The first-order valence-corrected chi connectivity index (χ1v) is 4.83. The molecule has 1 aromatic carbocycles. The predicted octanol–water partition coefficient (Wildman–Crippen LogP) is 2.46. The molecule has 0 aliphatic rings. The molecule has 0 aliphatic carbocycles. The molecule has 0 saturated heterocycles. The molecule has 0 spiro atoms. The molecule has 0 aliphatic heterocycles.